The van der Waals surface area contributed by atoms with Crippen LogP contribution in [0.3, 0.4) is 0 Å². The van der Waals surface area contributed by atoms with Crippen LogP contribution in [0.5, 0.6) is 0 Å². The molecule has 0 unspecified atom stereocenters. The van der Waals surface area contributed by atoms with Crippen molar-refractivity contribution in [3.63, 3.8) is 0 Å². The number of nitrogens with two attached hydrogens (primary N) is 1. The molecular weight excluding hydrogens is 300 g/mol. The lowest BCUT2D eigenvalue weighted by Crippen LogP contribution is -2.62. The quantitative estimate of drug-likeness (QED) is 0.340. The number of nitrogens with one attached hydrogen (secondary N) is 1. The van der Waals surface area contributed by atoms with Gasteiger partial charge in [-0.15, -0.1) is 11.3 Å². The molecule has 2 rings (SSSR count). The zero-order valence-corrected chi connectivity index (χ0v) is 12.7. The maximum absolute atomic E-state index is 12.3. The maximum atomic E-state index is 12.3. The van der Waals surface area contributed by atoms with Crippen molar-refractivity contribution >= 4 is 34.7 Å². The number of carbonyl (C=O) groups excluding carboxylic acids is 1. The van der Waals surface area contributed by atoms with Crippen molar-refractivity contribution in [1.82, 2.24) is 10.2 Å². The topological polar surface area (TPSA) is 91.0 Å². The first-order valence-corrected chi connectivity index (χ1v) is 7.46. The van der Waals surface area contributed by atoms with Crippen LogP contribution in [0.2, 0.25) is 5.02 Å². The van der Waals surface area contributed by atoms with Crippen LogP contribution >= 0.6 is 22.9 Å². The van der Waals surface area contributed by atoms with E-state index >= 15 is 0 Å². The average molecular weight is 317 g/mol. The standard InChI is InChI=1S/C12H17ClN4O2S/c1-17-5-3-12(4-6-17,11(14)16-19)15-10(18)9-8(13)2-7-20-9/h2,7,19H,3-6H2,1H3,(H2,14,16)(H,15,18). The molecule has 0 spiro atoms. The largest absolute Gasteiger partial charge is 0.409 e. The number of piperidine rings is 1. The molecule has 1 aromatic heterocycles. The third-order valence-electron chi connectivity index (χ3n) is 3.61. The molecule has 1 amide bonds. The molecule has 0 aromatic carbocycles. The van der Waals surface area contributed by atoms with Gasteiger partial charge in [0.05, 0.1) is 5.02 Å². The number of hydrogen-bond acceptors (Lipinski definition) is 5. The minimum absolute atomic E-state index is 0.0339. The van der Waals surface area contributed by atoms with E-state index in [-0.39, 0.29) is 11.7 Å². The Morgan fingerprint density at radius 1 is 1.60 bits per heavy atom. The first-order valence-electron chi connectivity index (χ1n) is 6.20. The van der Waals surface area contributed by atoms with E-state index in [2.05, 4.69) is 15.4 Å². The molecule has 8 heteroatoms. The Morgan fingerprint density at radius 3 is 2.75 bits per heavy atom. The van der Waals surface area contributed by atoms with Gasteiger partial charge in [0.15, 0.2) is 5.84 Å². The SMILES string of the molecule is CN1CCC(NC(=O)c2sccc2Cl)(/C(N)=N/O)CC1. The van der Waals surface area contributed by atoms with Gasteiger partial charge < -0.3 is 21.2 Å². The summed E-state index contributed by atoms with van der Waals surface area (Å²) >= 11 is 7.23. The van der Waals surface area contributed by atoms with Gasteiger partial charge in [-0.3, -0.25) is 4.79 Å². The summed E-state index contributed by atoms with van der Waals surface area (Å²) in [5.41, 5.74) is 4.99. The van der Waals surface area contributed by atoms with E-state index in [1.54, 1.807) is 11.4 Å². The summed E-state index contributed by atoms with van der Waals surface area (Å²) in [4.78, 5) is 14.9. The molecule has 1 saturated heterocycles. The van der Waals surface area contributed by atoms with Crippen LogP contribution in [-0.4, -0.2) is 47.5 Å². The number of rotatable bonds is 3. The van der Waals surface area contributed by atoms with Crippen molar-refractivity contribution in [3.05, 3.63) is 21.3 Å². The molecule has 110 valence electrons. The molecular formula is C12H17ClN4O2S. The highest BCUT2D eigenvalue weighted by Crippen LogP contribution is 2.26. The fourth-order valence-electron chi connectivity index (χ4n) is 2.27. The van der Waals surface area contributed by atoms with Crippen LogP contribution in [0.4, 0.5) is 0 Å². The Balaban J connectivity index is 2.21. The van der Waals surface area contributed by atoms with E-state index in [1.165, 1.54) is 11.3 Å². The summed E-state index contributed by atoms with van der Waals surface area (Å²) in [6.07, 6.45) is 1.18. The van der Waals surface area contributed by atoms with Crippen molar-refractivity contribution in [2.75, 3.05) is 20.1 Å². The number of amidine groups is 1. The van der Waals surface area contributed by atoms with Gasteiger partial charge in [0.25, 0.3) is 5.91 Å². The van der Waals surface area contributed by atoms with Gasteiger partial charge in [-0.2, -0.15) is 0 Å². The first-order chi connectivity index (χ1) is 9.48. The van der Waals surface area contributed by atoms with Crippen LogP contribution in [0.15, 0.2) is 16.6 Å². The van der Waals surface area contributed by atoms with Crippen LogP contribution in [0, 0.1) is 0 Å². The van der Waals surface area contributed by atoms with Gasteiger partial charge in [-0.05, 0) is 31.3 Å². The third-order valence-corrected chi connectivity index (χ3v) is 4.96. The molecule has 0 saturated carbocycles. The molecule has 1 aliphatic heterocycles. The predicted octanol–water partition coefficient (Wildman–Crippen LogP) is 1.34. The minimum atomic E-state index is -0.814. The van der Waals surface area contributed by atoms with Gasteiger partial charge in [0.2, 0.25) is 0 Å². The Morgan fingerprint density at radius 2 is 2.25 bits per heavy atom. The van der Waals surface area contributed by atoms with E-state index < -0.39 is 5.54 Å². The zero-order valence-electron chi connectivity index (χ0n) is 11.1. The number of nitrogens with zero attached hydrogens (tertiary/aromatic N) is 2. The molecule has 4 N–H and O–H groups in total. The Kier molecular flexibility index (Phi) is 4.52. The van der Waals surface area contributed by atoms with Crippen LogP contribution in [0.25, 0.3) is 0 Å². The smallest absolute Gasteiger partial charge is 0.263 e. The highest BCUT2D eigenvalue weighted by atomic mass is 35.5. The van der Waals surface area contributed by atoms with Crippen molar-refractivity contribution < 1.29 is 10.0 Å². The summed E-state index contributed by atoms with van der Waals surface area (Å²) < 4.78 is 0. The number of amides is 1. The monoisotopic (exact) mass is 316 g/mol. The molecule has 0 aliphatic carbocycles. The van der Waals surface area contributed by atoms with Gasteiger partial charge >= 0.3 is 0 Å². The zero-order chi connectivity index (χ0) is 14.8. The molecule has 1 aromatic rings. The highest BCUT2D eigenvalue weighted by molar-refractivity contribution is 7.12. The van der Waals surface area contributed by atoms with E-state index in [0.717, 1.165) is 13.1 Å². The molecule has 0 atom stereocenters. The van der Waals surface area contributed by atoms with Crippen LogP contribution < -0.4 is 11.1 Å². The number of carbonyl (C=O) groups is 1. The molecule has 2 heterocycles. The van der Waals surface area contributed by atoms with E-state index in [0.29, 0.717) is 22.7 Å². The van der Waals surface area contributed by atoms with Gasteiger partial charge in [-0.25, -0.2) is 0 Å². The van der Waals surface area contributed by atoms with Crippen LogP contribution in [-0.2, 0) is 0 Å². The second-order valence-electron chi connectivity index (χ2n) is 4.92. The number of thiophene rings is 1. The van der Waals surface area contributed by atoms with Crippen molar-refractivity contribution in [2.24, 2.45) is 10.9 Å². The lowest BCUT2D eigenvalue weighted by molar-refractivity contribution is 0.0890. The summed E-state index contributed by atoms with van der Waals surface area (Å²) in [6, 6.07) is 1.67. The first kappa shape index (κ1) is 15.1. The van der Waals surface area contributed by atoms with E-state index in [9.17, 15) is 4.79 Å². The maximum Gasteiger partial charge on any atom is 0.263 e. The fourth-order valence-corrected chi connectivity index (χ4v) is 3.31. The van der Waals surface area contributed by atoms with Crippen molar-refractivity contribution in [2.45, 2.75) is 18.4 Å². The van der Waals surface area contributed by atoms with Crippen molar-refractivity contribution in [3.8, 4) is 0 Å². The normalized spacial score (nSPS) is 19.8. The van der Waals surface area contributed by atoms with Gasteiger partial charge in [0, 0.05) is 13.1 Å². The number of likely N-dealkylation sites (tertiary alicyclic amines) is 1. The lowest BCUT2D eigenvalue weighted by Gasteiger charge is -2.40. The van der Waals surface area contributed by atoms with Gasteiger partial charge in [0.1, 0.15) is 10.4 Å². The molecule has 1 aliphatic rings. The highest BCUT2D eigenvalue weighted by Gasteiger charge is 2.40. The second kappa shape index (κ2) is 5.99. The summed E-state index contributed by atoms with van der Waals surface area (Å²) in [5, 5.41) is 17.1. The van der Waals surface area contributed by atoms with E-state index in [4.69, 9.17) is 22.5 Å². The number of hydrogen-bond donors (Lipinski definition) is 3. The molecule has 0 radical (unpaired) electrons. The van der Waals surface area contributed by atoms with E-state index in [1.807, 2.05) is 7.05 Å². The molecule has 6 nitrogen and oxygen atoms in total. The Hall–Kier alpha value is -1.31. The lowest BCUT2D eigenvalue weighted by atomic mass is 9.86. The number of halogens is 1. The van der Waals surface area contributed by atoms with Crippen LogP contribution in [0.1, 0.15) is 22.5 Å². The van der Waals surface area contributed by atoms with Crippen molar-refractivity contribution in [1.29, 1.82) is 0 Å². The summed E-state index contributed by atoms with van der Waals surface area (Å²) in [7, 11) is 1.99. The third kappa shape index (κ3) is 2.89. The second-order valence-corrected chi connectivity index (χ2v) is 6.25. The molecule has 0 bridgehead atoms. The Bertz CT molecular complexity index is 523. The number of oxime groups is 1. The average Bonchev–Trinajstić information content (AvgIpc) is 2.87. The summed E-state index contributed by atoms with van der Waals surface area (Å²) in [6.45, 7) is 1.52. The fraction of sp³-hybridized carbons (Fsp3) is 0.500. The molecule has 20 heavy (non-hydrogen) atoms. The van der Waals surface area contributed by atoms with Gasteiger partial charge in [-0.1, -0.05) is 16.8 Å². The predicted molar refractivity (Wildman–Crippen MR) is 79.7 cm³/mol. The minimum Gasteiger partial charge on any atom is -0.409 e. The summed E-state index contributed by atoms with van der Waals surface area (Å²) in [5.74, 6) is -0.257. The Labute approximate surface area is 126 Å². The molecule has 1 fully saturated rings.